The second-order valence-corrected chi connectivity index (χ2v) is 3.23. The Morgan fingerprint density at radius 3 is 2.14 bits per heavy atom. The molecule has 1 saturated heterocycles. The van der Waals surface area contributed by atoms with E-state index in [0.717, 1.165) is 6.92 Å². The Hall–Kier alpha value is -1.72. The summed E-state index contributed by atoms with van der Waals surface area (Å²) in [7, 11) is 0. The maximum atomic E-state index is 11.1. The normalized spacial score (nSPS) is 33.4. The van der Waals surface area contributed by atoms with Gasteiger partial charge >= 0.3 is 23.9 Å². The Bertz CT molecular complexity index is 337. The van der Waals surface area contributed by atoms with Crippen molar-refractivity contribution in [1.82, 2.24) is 0 Å². The van der Waals surface area contributed by atoms with Gasteiger partial charge in [0.25, 0.3) is 0 Å². The van der Waals surface area contributed by atoms with Crippen LogP contribution in [0.15, 0.2) is 0 Å². The van der Waals surface area contributed by atoms with Gasteiger partial charge in [0.1, 0.15) is 0 Å². The first kappa shape index (κ1) is 8.86. The third kappa shape index (κ3) is 1.11. The van der Waals surface area contributed by atoms with Crippen molar-refractivity contribution < 1.29 is 28.7 Å². The van der Waals surface area contributed by atoms with Crippen LogP contribution in [-0.2, 0) is 28.7 Å². The van der Waals surface area contributed by atoms with E-state index in [-0.39, 0.29) is 0 Å². The molecule has 2 atom stereocenters. The first-order valence-electron chi connectivity index (χ1n) is 4.00. The molecular weight excluding hydrogens is 192 g/mol. The highest BCUT2D eigenvalue weighted by molar-refractivity contribution is 6.07. The van der Waals surface area contributed by atoms with Gasteiger partial charge in [-0.05, 0) is 0 Å². The molecule has 2 rings (SSSR count). The lowest BCUT2D eigenvalue weighted by molar-refractivity contribution is -0.165. The van der Waals surface area contributed by atoms with Gasteiger partial charge < -0.3 is 9.47 Å². The second kappa shape index (κ2) is 2.63. The van der Waals surface area contributed by atoms with E-state index in [4.69, 9.17) is 0 Å². The number of carbonyl (C=O) groups excluding carboxylic acids is 4. The van der Waals surface area contributed by atoms with Crippen molar-refractivity contribution in [1.29, 1.82) is 0 Å². The van der Waals surface area contributed by atoms with Gasteiger partial charge in [-0.1, -0.05) is 0 Å². The molecule has 0 amide bonds. The van der Waals surface area contributed by atoms with Crippen molar-refractivity contribution in [2.45, 2.75) is 6.92 Å². The zero-order valence-corrected chi connectivity index (χ0v) is 7.18. The zero-order valence-electron chi connectivity index (χ0n) is 7.18. The number of esters is 4. The lowest BCUT2D eigenvalue weighted by atomic mass is 10.3. The summed E-state index contributed by atoms with van der Waals surface area (Å²) >= 11 is 0. The molecule has 6 nitrogen and oxygen atoms in total. The van der Waals surface area contributed by atoms with Crippen LogP contribution in [0.25, 0.3) is 0 Å². The fourth-order valence-electron chi connectivity index (χ4n) is 1.64. The Morgan fingerprint density at radius 1 is 1.21 bits per heavy atom. The van der Waals surface area contributed by atoms with Crippen LogP contribution in [0, 0.1) is 17.8 Å². The number of hydrogen-bond acceptors (Lipinski definition) is 6. The predicted octanol–water partition coefficient (Wildman–Crippen LogP) is -0.978. The fraction of sp³-hybridized carbons (Fsp3) is 0.500. The van der Waals surface area contributed by atoms with E-state index in [1.807, 2.05) is 0 Å². The third-order valence-electron chi connectivity index (χ3n) is 2.28. The number of hydrogen-bond donors (Lipinski definition) is 0. The van der Waals surface area contributed by atoms with Crippen LogP contribution in [0.3, 0.4) is 0 Å². The topological polar surface area (TPSA) is 86.7 Å². The van der Waals surface area contributed by atoms with E-state index in [9.17, 15) is 19.2 Å². The highest BCUT2D eigenvalue weighted by atomic mass is 16.6. The summed E-state index contributed by atoms with van der Waals surface area (Å²) in [6.07, 6.45) is 0. The van der Waals surface area contributed by atoms with Crippen LogP contribution in [0.5, 0.6) is 0 Å². The lowest BCUT2D eigenvalue weighted by Crippen LogP contribution is -2.19. The summed E-state index contributed by atoms with van der Waals surface area (Å²) in [6.45, 7) is 1.08. The predicted molar refractivity (Wildman–Crippen MR) is 38.3 cm³/mol. The summed E-state index contributed by atoms with van der Waals surface area (Å²) in [4.78, 5) is 43.3. The molecule has 2 unspecified atom stereocenters. The van der Waals surface area contributed by atoms with Crippen molar-refractivity contribution in [3.8, 4) is 0 Å². The van der Waals surface area contributed by atoms with Crippen LogP contribution < -0.4 is 0 Å². The molecule has 2 aliphatic rings. The Morgan fingerprint density at radius 2 is 1.71 bits per heavy atom. The summed E-state index contributed by atoms with van der Waals surface area (Å²) in [5.41, 5.74) is 0. The van der Waals surface area contributed by atoms with Gasteiger partial charge in [0.05, 0.1) is 17.8 Å². The fourth-order valence-corrected chi connectivity index (χ4v) is 1.64. The summed E-state index contributed by atoms with van der Waals surface area (Å²) in [5, 5.41) is 0. The average molecular weight is 198 g/mol. The molecule has 2 fully saturated rings. The third-order valence-corrected chi connectivity index (χ3v) is 2.28. The smallest absolute Gasteiger partial charge is 0.318 e. The molecule has 1 heterocycles. The van der Waals surface area contributed by atoms with Crippen LogP contribution in [-0.4, -0.2) is 23.9 Å². The summed E-state index contributed by atoms with van der Waals surface area (Å²) in [5.74, 6) is -5.24. The molecule has 0 bridgehead atoms. The molecule has 0 spiro atoms. The average Bonchev–Trinajstić information content (AvgIpc) is 2.69. The SMILES string of the molecule is CC(=O)OC(=O)C1C2C(=O)OC(=O)C12. The molecule has 0 N–H and O–H groups in total. The number of carbonyl (C=O) groups is 4. The Labute approximate surface area is 78.2 Å². The molecule has 74 valence electrons. The van der Waals surface area contributed by atoms with Crippen LogP contribution in [0.1, 0.15) is 6.92 Å². The monoisotopic (exact) mass is 198 g/mol. The summed E-state index contributed by atoms with van der Waals surface area (Å²) < 4.78 is 8.51. The van der Waals surface area contributed by atoms with Crippen molar-refractivity contribution >= 4 is 23.9 Å². The molecule has 0 aromatic heterocycles. The first-order valence-corrected chi connectivity index (χ1v) is 4.00. The highest BCUT2D eigenvalue weighted by Gasteiger charge is 2.70. The molecule has 0 aromatic carbocycles. The second-order valence-electron chi connectivity index (χ2n) is 3.23. The Kier molecular flexibility index (Phi) is 1.67. The number of cyclic esters (lactones) is 2. The van der Waals surface area contributed by atoms with E-state index in [1.54, 1.807) is 0 Å². The first-order chi connectivity index (χ1) is 6.52. The van der Waals surface area contributed by atoms with Crippen LogP contribution in [0.2, 0.25) is 0 Å². The number of fused-ring (bicyclic) bond motifs is 1. The van der Waals surface area contributed by atoms with E-state index in [0.29, 0.717) is 0 Å². The minimum Gasteiger partial charge on any atom is -0.393 e. The molecule has 0 aromatic rings. The molecule has 1 aliphatic heterocycles. The van der Waals surface area contributed by atoms with E-state index < -0.39 is 41.6 Å². The highest BCUT2D eigenvalue weighted by Crippen LogP contribution is 2.52. The van der Waals surface area contributed by atoms with Crippen molar-refractivity contribution in [2.24, 2.45) is 17.8 Å². The largest absolute Gasteiger partial charge is 0.393 e. The number of ether oxygens (including phenoxy) is 2. The standard InChI is InChI=1S/C8H6O6/c1-2(9)13-6(10)3-4-5(3)8(12)14-7(4)11/h3-5H,1H3. The van der Waals surface area contributed by atoms with Crippen molar-refractivity contribution in [2.75, 3.05) is 0 Å². The van der Waals surface area contributed by atoms with Gasteiger partial charge in [-0.25, -0.2) is 0 Å². The minimum atomic E-state index is -0.822. The van der Waals surface area contributed by atoms with Gasteiger partial charge in [-0.15, -0.1) is 0 Å². The van der Waals surface area contributed by atoms with Crippen molar-refractivity contribution in [3.05, 3.63) is 0 Å². The van der Waals surface area contributed by atoms with Gasteiger partial charge in [0.2, 0.25) is 0 Å². The maximum absolute atomic E-state index is 11.1. The molecule has 1 saturated carbocycles. The summed E-state index contributed by atoms with van der Waals surface area (Å²) in [6, 6.07) is 0. The molecule has 14 heavy (non-hydrogen) atoms. The van der Waals surface area contributed by atoms with Gasteiger partial charge in [0.15, 0.2) is 0 Å². The van der Waals surface area contributed by atoms with Crippen molar-refractivity contribution in [3.63, 3.8) is 0 Å². The Balaban J connectivity index is 2.05. The van der Waals surface area contributed by atoms with Gasteiger partial charge in [0, 0.05) is 6.92 Å². The number of rotatable bonds is 1. The molecule has 1 aliphatic carbocycles. The van der Waals surface area contributed by atoms with Gasteiger partial charge in [-0.2, -0.15) is 0 Å². The van der Waals surface area contributed by atoms with Gasteiger partial charge in [-0.3, -0.25) is 19.2 Å². The zero-order chi connectivity index (χ0) is 10.5. The van der Waals surface area contributed by atoms with Crippen LogP contribution >= 0.6 is 0 Å². The van der Waals surface area contributed by atoms with E-state index in [1.165, 1.54) is 0 Å². The lowest BCUT2D eigenvalue weighted by Gasteiger charge is -2.00. The quantitative estimate of drug-likeness (QED) is 0.397. The van der Waals surface area contributed by atoms with E-state index in [2.05, 4.69) is 9.47 Å². The molecular formula is C8H6O6. The maximum Gasteiger partial charge on any atom is 0.318 e. The molecule has 6 heteroatoms. The van der Waals surface area contributed by atoms with E-state index >= 15 is 0 Å². The minimum absolute atomic E-state index is 0.703. The van der Waals surface area contributed by atoms with Crippen LogP contribution in [0.4, 0.5) is 0 Å². The molecule has 0 radical (unpaired) electrons.